The monoisotopic (exact) mass is 324 g/mol. The lowest BCUT2D eigenvalue weighted by atomic mass is 10.2. The maximum atomic E-state index is 5.48. The number of piperazine rings is 1. The maximum absolute atomic E-state index is 5.48. The van der Waals surface area contributed by atoms with Crippen molar-refractivity contribution >= 4 is 17.2 Å². The van der Waals surface area contributed by atoms with Crippen molar-refractivity contribution in [2.45, 2.75) is 6.92 Å². The van der Waals surface area contributed by atoms with Crippen LogP contribution in [0.15, 0.2) is 36.7 Å². The van der Waals surface area contributed by atoms with Crippen LogP contribution in [0.1, 0.15) is 5.82 Å². The first-order chi connectivity index (χ1) is 11.8. The van der Waals surface area contributed by atoms with E-state index in [0.717, 1.165) is 54.9 Å². The Kier molecular flexibility index (Phi) is 3.68. The highest BCUT2D eigenvalue weighted by atomic mass is 16.5. The minimum absolute atomic E-state index is 0.820. The van der Waals surface area contributed by atoms with Crippen molar-refractivity contribution < 1.29 is 4.74 Å². The van der Waals surface area contributed by atoms with Gasteiger partial charge >= 0.3 is 0 Å². The number of hydrogen-bond acceptors (Lipinski definition) is 6. The highest BCUT2D eigenvalue weighted by Gasteiger charge is 2.22. The van der Waals surface area contributed by atoms with Gasteiger partial charge in [0.05, 0.1) is 12.8 Å². The number of hydrogen-bond donors (Lipinski definition) is 0. The van der Waals surface area contributed by atoms with E-state index in [1.165, 1.54) is 0 Å². The van der Waals surface area contributed by atoms with Crippen molar-refractivity contribution in [3.8, 4) is 5.75 Å². The lowest BCUT2D eigenvalue weighted by Gasteiger charge is -2.37. The summed E-state index contributed by atoms with van der Waals surface area (Å²) < 4.78 is 7.46. The molecule has 0 saturated carbocycles. The van der Waals surface area contributed by atoms with Gasteiger partial charge in [0.2, 0.25) is 5.65 Å². The van der Waals surface area contributed by atoms with E-state index in [0.29, 0.717) is 0 Å². The largest absolute Gasteiger partial charge is 0.495 e. The molecule has 0 bridgehead atoms. The molecule has 7 heteroatoms. The van der Waals surface area contributed by atoms with E-state index in [9.17, 15) is 0 Å². The Labute approximate surface area is 140 Å². The van der Waals surface area contributed by atoms with Gasteiger partial charge in [-0.1, -0.05) is 12.1 Å². The summed E-state index contributed by atoms with van der Waals surface area (Å²) in [5.41, 5.74) is 1.96. The molecule has 1 aliphatic heterocycles. The number of methoxy groups -OCH3 is 1. The number of benzene rings is 1. The zero-order chi connectivity index (χ0) is 16.5. The molecule has 1 aliphatic rings. The fraction of sp³-hybridized carbons (Fsp3) is 0.353. The molecule has 1 aromatic carbocycles. The minimum Gasteiger partial charge on any atom is -0.495 e. The van der Waals surface area contributed by atoms with Gasteiger partial charge in [-0.15, -0.1) is 10.2 Å². The molecule has 0 N–H and O–H groups in total. The summed E-state index contributed by atoms with van der Waals surface area (Å²) in [7, 11) is 1.72. The standard InChI is InChI=1S/C17H20N6O/c1-13-19-20-17-16(18-7-8-23(13)17)22-11-9-21(10-12-22)14-5-3-4-6-15(14)24-2/h3-8H,9-12H2,1-2H3. The summed E-state index contributed by atoms with van der Waals surface area (Å²) in [6.07, 6.45) is 3.71. The van der Waals surface area contributed by atoms with E-state index in [1.54, 1.807) is 7.11 Å². The van der Waals surface area contributed by atoms with Gasteiger partial charge in [0.15, 0.2) is 5.82 Å². The van der Waals surface area contributed by atoms with E-state index in [2.05, 4.69) is 31.0 Å². The predicted molar refractivity (Wildman–Crippen MR) is 92.9 cm³/mol. The number of ether oxygens (including phenoxy) is 1. The first-order valence-electron chi connectivity index (χ1n) is 8.07. The molecule has 0 atom stereocenters. The number of para-hydroxylation sites is 2. The molecule has 124 valence electrons. The van der Waals surface area contributed by atoms with Crippen molar-refractivity contribution in [1.82, 2.24) is 19.6 Å². The van der Waals surface area contributed by atoms with Gasteiger partial charge in [0.1, 0.15) is 11.6 Å². The van der Waals surface area contributed by atoms with Crippen molar-refractivity contribution in [3.63, 3.8) is 0 Å². The third kappa shape index (κ3) is 2.42. The Morgan fingerprint density at radius 1 is 1.00 bits per heavy atom. The van der Waals surface area contributed by atoms with Crippen LogP contribution in [0.4, 0.5) is 11.5 Å². The number of fused-ring (bicyclic) bond motifs is 1. The molecule has 0 unspecified atom stereocenters. The van der Waals surface area contributed by atoms with Crippen LogP contribution >= 0.6 is 0 Å². The molecular formula is C17H20N6O. The summed E-state index contributed by atoms with van der Waals surface area (Å²) in [5, 5.41) is 8.43. The second-order valence-electron chi connectivity index (χ2n) is 5.84. The fourth-order valence-corrected chi connectivity index (χ4v) is 3.20. The number of nitrogens with zero attached hydrogens (tertiary/aromatic N) is 6. The number of aromatic nitrogens is 4. The molecule has 3 aromatic rings. The molecular weight excluding hydrogens is 304 g/mol. The average Bonchev–Trinajstić information content (AvgIpc) is 3.03. The molecule has 0 amide bonds. The van der Waals surface area contributed by atoms with Crippen LogP contribution in [0.3, 0.4) is 0 Å². The van der Waals surface area contributed by atoms with Gasteiger partial charge in [-0.25, -0.2) is 4.98 Å². The zero-order valence-corrected chi connectivity index (χ0v) is 13.9. The van der Waals surface area contributed by atoms with Gasteiger partial charge in [-0.3, -0.25) is 4.40 Å². The molecule has 2 aromatic heterocycles. The Morgan fingerprint density at radius 3 is 2.54 bits per heavy atom. The van der Waals surface area contributed by atoms with Crippen molar-refractivity contribution in [2.24, 2.45) is 0 Å². The van der Waals surface area contributed by atoms with E-state index in [-0.39, 0.29) is 0 Å². The van der Waals surface area contributed by atoms with Crippen LogP contribution in [-0.4, -0.2) is 52.9 Å². The third-order valence-electron chi connectivity index (χ3n) is 4.48. The lowest BCUT2D eigenvalue weighted by Crippen LogP contribution is -2.47. The molecule has 7 nitrogen and oxygen atoms in total. The first kappa shape index (κ1) is 14.7. The van der Waals surface area contributed by atoms with Gasteiger partial charge in [-0.2, -0.15) is 0 Å². The smallest absolute Gasteiger partial charge is 0.203 e. The Hall–Kier alpha value is -2.83. The zero-order valence-electron chi connectivity index (χ0n) is 13.9. The van der Waals surface area contributed by atoms with Crippen LogP contribution in [-0.2, 0) is 0 Å². The molecule has 0 aliphatic carbocycles. The van der Waals surface area contributed by atoms with Crippen LogP contribution in [0, 0.1) is 6.92 Å². The number of anilines is 2. The summed E-state index contributed by atoms with van der Waals surface area (Å²) in [4.78, 5) is 9.16. The SMILES string of the molecule is COc1ccccc1N1CCN(c2nccn3c(C)nnc23)CC1. The predicted octanol–water partition coefficient (Wildman–Crippen LogP) is 1.77. The van der Waals surface area contributed by atoms with E-state index >= 15 is 0 Å². The Morgan fingerprint density at radius 2 is 1.75 bits per heavy atom. The quantitative estimate of drug-likeness (QED) is 0.732. The summed E-state index contributed by atoms with van der Waals surface area (Å²) >= 11 is 0. The molecule has 4 rings (SSSR count). The molecule has 3 heterocycles. The van der Waals surface area contributed by atoms with Crippen LogP contribution in [0.2, 0.25) is 0 Å². The van der Waals surface area contributed by atoms with Gasteiger partial charge in [0.25, 0.3) is 0 Å². The molecule has 0 radical (unpaired) electrons. The summed E-state index contributed by atoms with van der Waals surface area (Å²) in [6.45, 7) is 5.54. The maximum Gasteiger partial charge on any atom is 0.203 e. The highest BCUT2D eigenvalue weighted by Crippen LogP contribution is 2.29. The minimum atomic E-state index is 0.820. The normalized spacial score (nSPS) is 15.1. The van der Waals surface area contributed by atoms with Crippen molar-refractivity contribution in [1.29, 1.82) is 0 Å². The number of aryl methyl sites for hydroxylation is 1. The summed E-state index contributed by atoms with van der Waals surface area (Å²) in [6, 6.07) is 8.15. The summed E-state index contributed by atoms with van der Waals surface area (Å²) in [5.74, 6) is 2.69. The van der Waals surface area contributed by atoms with Crippen molar-refractivity contribution in [2.75, 3.05) is 43.1 Å². The molecule has 0 spiro atoms. The highest BCUT2D eigenvalue weighted by molar-refractivity contribution is 5.65. The molecule has 1 fully saturated rings. The van der Waals surface area contributed by atoms with Crippen LogP contribution in [0.5, 0.6) is 5.75 Å². The van der Waals surface area contributed by atoms with Crippen LogP contribution in [0.25, 0.3) is 5.65 Å². The Balaban J connectivity index is 1.55. The second-order valence-corrected chi connectivity index (χ2v) is 5.84. The first-order valence-corrected chi connectivity index (χ1v) is 8.07. The fourth-order valence-electron chi connectivity index (χ4n) is 3.20. The van der Waals surface area contributed by atoms with Gasteiger partial charge in [0, 0.05) is 38.6 Å². The lowest BCUT2D eigenvalue weighted by molar-refractivity contribution is 0.413. The van der Waals surface area contributed by atoms with Crippen LogP contribution < -0.4 is 14.5 Å². The van der Waals surface area contributed by atoms with E-state index < -0.39 is 0 Å². The van der Waals surface area contributed by atoms with E-state index in [1.807, 2.05) is 41.9 Å². The van der Waals surface area contributed by atoms with Gasteiger partial charge in [-0.05, 0) is 19.1 Å². The average molecular weight is 324 g/mol. The topological polar surface area (TPSA) is 58.8 Å². The second kappa shape index (κ2) is 5.99. The molecule has 1 saturated heterocycles. The van der Waals surface area contributed by atoms with Gasteiger partial charge < -0.3 is 14.5 Å². The third-order valence-corrected chi connectivity index (χ3v) is 4.48. The Bertz CT molecular complexity index is 853. The number of rotatable bonds is 3. The molecule has 24 heavy (non-hydrogen) atoms. The van der Waals surface area contributed by atoms with Crippen molar-refractivity contribution in [3.05, 3.63) is 42.5 Å². The van der Waals surface area contributed by atoms with E-state index in [4.69, 9.17) is 4.74 Å².